The van der Waals surface area contributed by atoms with Crippen molar-refractivity contribution in [1.29, 1.82) is 0 Å². The van der Waals surface area contributed by atoms with Crippen molar-refractivity contribution in [2.75, 3.05) is 7.11 Å². The smallest absolute Gasteiger partial charge is 0.160 e. The number of hydrogen-bond donors (Lipinski definition) is 0. The van der Waals surface area contributed by atoms with Crippen molar-refractivity contribution < 1.29 is 9.53 Å². The molecule has 0 heterocycles. The highest BCUT2D eigenvalue weighted by atomic mass is 16.5. The highest BCUT2D eigenvalue weighted by molar-refractivity contribution is 5.95. The third-order valence-corrected chi connectivity index (χ3v) is 3.47. The molecule has 2 heteroatoms. The van der Waals surface area contributed by atoms with E-state index in [1.54, 1.807) is 14.0 Å². The Hall–Kier alpha value is -2.09. The van der Waals surface area contributed by atoms with Crippen LogP contribution in [-0.2, 0) is 12.8 Å². The first-order chi connectivity index (χ1) is 9.70. The van der Waals surface area contributed by atoms with Gasteiger partial charge in [-0.05, 0) is 49.4 Å². The standard InChI is InChI=1S/C18H20O2/c1-14(19)18-9-4-3-7-16(18)8-5-6-15-10-12-17(20-2)13-11-15/h3-4,7,9-13H,5-6,8H2,1-2H3. The van der Waals surface area contributed by atoms with E-state index >= 15 is 0 Å². The average molecular weight is 268 g/mol. The first kappa shape index (κ1) is 14.3. The van der Waals surface area contributed by atoms with Crippen LogP contribution in [-0.4, -0.2) is 12.9 Å². The van der Waals surface area contributed by atoms with Crippen molar-refractivity contribution in [1.82, 2.24) is 0 Å². The third-order valence-electron chi connectivity index (χ3n) is 3.47. The predicted molar refractivity (Wildman–Crippen MR) is 81.5 cm³/mol. The van der Waals surface area contributed by atoms with Gasteiger partial charge in [0.2, 0.25) is 0 Å². The second kappa shape index (κ2) is 6.90. The quantitative estimate of drug-likeness (QED) is 0.738. The van der Waals surface area contributed by atoms with Crippen LogP contribution in [0.5, 0.6) is 5.75 Å². The molecule has 2 aromatic rings. The van der Waals surface area contributed by atoms with Gasteiger partial charge in [0.05, 0.1) is 7.11 Å². The molecule has 0 radical (unpaired) electrons. The van der Waals surface area contributed by atoms with Gasteiger partial charge in [0.25, 0.3) is 0 Å². The van der Waals surface area contributed by atoms with E-state index in [0.717, 1.165) is 36.1 Å². The van der Waals surface area contributed by atoms with E-state index in [1.807, 2.05) is 36.4 Å². The highest BCUT2D eigenvalue weighted by Gasteiger charge is 2.05. The van der Waals surface area contributed by atoms with E-state index in [9.17, 15) is 4.79 Å². The molecule has 0 saturated heterocycles. The molecular weight excluding hydrogens is 248 g/mol. The molecular formula is C18H20O2. The van der Waals surface area contributed by atoms with Crippen LogP contribution in [0, 0.1) is 0 Å². The summed E-state index contributed by atoms with van der Waals surface area (Å²) in [5.74, 6) is 1.03. The zero-order chi connectivity index (χ0) is 14.4. The summed E-state index contributed by atoms with van der Waals surface area (Å²) < 4.78 is 5.15. The Kier molecular flexibility index (Phi) is 4.94. The van der Waals surface area contributed by atoms with Gasteiger partial charge in [-0.2, -0.15) is 0 Å². The summed E-state index contributed by atoms with van der Waals surface area (Å²) in [6, 6.07) is 16.0. The number of aryl methyl sites for hydroxylation is 2. The van der Waals surface area contributed by atoms with Crippen LogP contribution in [0.15, 0.2) is 48.5 Å². The van der Waals surface area contributed by atoms with Gasteiger partial charge in [0.1, 0.15) is 5.75 Å². The van der Waals surface area contributed by atoms with Crippen LogP contribution >= 0.6 is 0 Å². The minimum absolute atomic E-state index is 0.144. The maximum Gasteiger partial charge on any atom is 0.160 e. The zero-order valence-corrected chi connectivity index (χ0v) is 12.1. The molecule has 0 aliphatic heterocycles. The number of ether oxygens (including phenoxy) is 1. The average Bonchev–Trinajstić information content (AvgIpc) is 2.48. The maximum atomic E-state index is 11.6. The van der Waals surface area contributed by atoms with Crippen molar-refractivity contribution in [2.24, 2.45) is 0 Å². The van der Waals surface area contributed by atoms with Crippen molar-refractivity contribution in [3.8, 4) is 5.75 Å². The van der Waals surface area contributed by atoms with Gasteiger partial charge in [0.15, 0.2) is 5.78 Å². The predicted octanol–water partition coefficient (Wildman–Crippen LogP) is 4.07. The summed E-state index contributed by atoms with van der Waals surface area (Å²) in [6.07, 6.45) is 2.98. The van der Waals surface area contributed by atoms with E-state index < -0.39 is 0 Å². The van der Waals surface area contributed by atoms with Crippen LogP contribution in [0.25, 0.3) is 0 Å². The minimum Gasteiger partial charge on any atom is -0.497 e. The molecule has 2 rings (SSSR count). The normalized spacial score (nSPS) is 10.3. The molecule has 2 aromatic carbocycles. The third kappa shape index (κ3) is 3.70. The number of carbonyl (C=O) groups excluding carboxylic acids is 1. The first-order valence-corrected chi connectivity index (χ1v) is 6.92. The Balaban J connectivity index is 1.94. The molecule has 0 aromatic heterocycles. The fourth-order valence-electron chi connectivity index (χ4n) is 2.36. The first-order valence-electron chi connectivity index (χ1n) is 6.92. The highest BCUT2D eigenvalue weighted by Crippen LogP contribution is 2.16. The van der Waals surface area contributed by atoms with Crippen LogP contribution in [0.1, 0.15) is 34.8 Å². The molecule has 104 valence electrons. The van der Waals surface area contributed by atoms with Crippen molar-refractivity contribution in [3.63, 3.8) is 0 Å². The summed E-state index contributed by atoms with van der Waals surface area (Å²) in [7, 11) is 1.67. The molecule has 0 fully saturated rings. The molecule has 0 amide bonds. The van der Waals surface area contributed by atoms with Crippen LogP contribution in [0.2, 0.25) is 0 Å². The number of hydrogen-bond acceptors (Lipinski definition) is 2. The summed E-state index contributed by atoms with van der Waals surface area (Å²) in [5.41, 5.74) is 3.29. The number of methoxy groups -OCH3 is 1. The Morgan fingerprint density at radius 3 is 2.35 bits per heavy atom. The van der Waals surface area contributed by atoms with Crippen molar-refractivity contribution >= 4 is 5.78 Å². The van der Waals surface area contributed by atoms with Crippen LogP contribution in [0.4, 0.5) is 0 Å². The minimum atomic E-state index is 0.144. The zero-order valence-electron chi connectivity index (χ0n) is 12.1. The lowest BCUT2D eigenvalue weighted by Gasteiger charge is -2.07. The van der Waals surface area contributed by atoms with Gasteiger partial charge in [-0.25, -0.2) is 0 Å². The van der Waals surface area contributed by atoms with Gasteiger partial charge in [0, 0.05) is 5.56 Å². The number of Topliss-reactive ketones (excluding diaryl/α,β-unsaturated/α-hetero) is 1. The number of ketones is 1. The van der Waals surface area contributed by atoms with E-state index in [0.29, 0.717) is 0 Å². The number of carbonyl (C=O) groups is 1. The largest absolute Gasteiger partial charge is 0.497 e. The van der Waals surface area contributed by atoms with Gasteiger partial charge >= 0.3 is 0 Å². The van der Waals surface area contributed by atoms with E-state index in [-0.39, 0.29) is 5.78 Å². The van der Waals surface area contributed by atoms with E-state index in [4.69, 9.17) is 4.74 Å². The molecule has 0 spiro atoms. The molecule has 0 aliphatic rings. The summed E-state index contributed by atoms with van der Waals surface area (Å²) in [4.78, 5) is 11.6. The second-order valence-corrected chi connectivity index (χ2v) is 4.91. The summed E-state index contributed by atoms with van der Waals surface area (Å²) in [5, 5.41) is 0. The molecule has 0 atom stereocenters. The maximum absolute atomic E-state index is 11.6. The summed E-state index contributed by atoms with van der Waals surface area (Å²) >= 11 is 0. The fraction of sp³-hybridized carbons (Fsp3) is 0.278. The monoisotopic (exact) mass is 268 g/mol. The Morgan fingerprint density at radius 1 is 1.00 bits per heavy atom. The number of rotatable bonds is 6. The lowest BCUT2D eigenvalue weighted by molar-refractivity contribution is 0.101. The molecule has 0 unspecified atom stereocenters. The molecule has 0 aliphatic carbocycles. The number of benzene rings is 2. The topological polar surface area (TPSA) is 26.3 Å². The Bertz CT molecular complexity index is 570. The lowest BCUT2D eigenvalue weighted by atomic mass is 9.98. The van der Waals surface area contributed by atoms with Crippen molar-refractivity contribution in [2.45, 2.75) is 26.2 Å². The summed E-state index contributed by atoms with van der Waals surface area (Å²) in [6.45, 7) is 1.63. The van der Waals surface area contributed by atoms with E-state index in [1.165, 1.54) is 5.56 Å². The van der Waals surface area contributed by atoms with Crippen LogP contribution < -0.4 is 4.74 Å². The Morgan fingerprint density at radius 2 is 1.70 bits per heavy atom. The fourth-order valence-corrected chi connectivity index (χ4v) is 2.36. The van der Waals surface area contributed by atoms with Gasteiger partial charge in [-0.15, -0.1) is 0 Å². The lowest BCUT2D eigenvalue weighted by Crippen LogP contribution is -2.00. The molecule has 0 saturated carbocycles. The van der Waals surface area contributed by atoms with Gasteiger partial charge in [-0.1, -0.05) is 36.4 Å². The van der Waals surface area contributed by atoms with E-state index in [2.05, 4.69) is 12.1 Å². The molecule has 0 bridgehead atoms. The Labute approximate surface area is 120 Å². The molecule has 20 heavy (non-hydrogen) atoms. The van der Waals surface area contributed by atoms with Crippen LogP contribution in [0.3, 0.4) is 0 Å². The van der Waals surface area contributed by atoms with Gasteiger partial charge < -0.3 is 4.74 Å². The SMILES string of the molecule is COc1ccc(CCCc2ccccc2C(C)=O)cc1. The molecule has 2 nitrogen and oxygen atoms in total. The van der Waals surface area contributed by atoms with Gasteiger partial charge in [-0.3, -0.25) is 4.79 Å². The van der Waals surface area contributed by atoms with Crippen molar-refractivity contribution in [3.05, 3.63) is 65.2 Å². The second-order valence-electron chi connectivity index (χ2n) is 4.91. The molecule has 0 N–H and O–H groups in total.